The van der Waals surface area contributed by atoms with Gasteiger partial charge in [-0.25, -0.2) is 19.9 Å². The quantitative estimate of drug-likeness (QED) is 0.179. The Kier molecular flexibility index (Phi) is 6.40. The van der Waals surface area contributed by atoms with Crippen LogP contribution in [0.5, 0.6) is 0 Å². The molecule has 1 aliphatic carbocycles. The zero-order chi connectivity index (χ0) is 34.6. The van der Waals surface area contributed by atoms with Gasteiger partial charge in [-0.1, -0.05) is 123 Å². The predicted octanol–water partition coefficient (Wildman–Crippen LogP) is 11.6. The average molecular weight is 796 g/mol. The molecule has 5 nitrogen and oxygen atoms in total. The monoisotopic (exact) mass is 793 g/mol. The summed E-state index contributed by atoms with van der Waals surface area (Å²) in [7, 11) is 0. The maximum atomic E-state index is 5.14. The average Bonchev–Trinajstić information content (AvgIpc) is 3.68. The van der Waals surface area contributed by atoms with E-state index in [0.717, 1.165) is 47.9 Å². The first-order chi connectivity index (χ1) is 25.6. The molecule has 1 aliphatic heterocycles. The van der Waals surface area contributed by atoms with Crippen LogP contribution in [0.1, 0.15) is 22.3 Å². The molecule has 0 unspecified atom stereocenters. The summed E-state index contributed by atoms with van der Waals surface area (Å²) >= 11 is 7.61. The van der Waals surface area contributed by atoms with Crippen LogP contribution < -0.4 is 0 Å². The Balaban J connectivity index is 1.27. The summed E-state index contributed by atoms with van der Waals surface area (Å²) in [6.45, 7) is 0. The highest BCUT2D eigenvalue weighted by molar-refractivity contribution is 9.10. The molecule has 9 aromatic rings. The lowest BCUT2D eigenvalue weighted by molar-refractivity contribution is 0.747. The van der Waals surface area contributed by atoms with Crippen molar-refractivity contribution in [2.75, 3.05) is 0 Å². The van der Waals surface area contributed by atoms with E-state index in [0.29, 0.717) is 17.5 Å². The predicted molar refractivity (Wildman–Crippen MR) is 215 cm³/mol. The topological polar surface area (TPSA) is 56.5 Å². The summed E-state index contributed by atoms with van der Waals surface area (Å²) in [4.78, 5) is 20.2. The van der Waals surface area contributed by atoms with Gasteiger partial charge in [-0.15, -0.1) is 0 Å². The summed E-state index contributed by atoms with van der Waals surface area (Å²) in [6.07, 6.45) is 1.89. The Morgan fingerprint density at radius 1 is 0.462 bits per heavy atom. The Bertz CT molecular complexity index is 2830. The number of fused-ring (bicyclic) bond motifs is 12. The molecule has 3 aromatic heterocycles. The Morgan fingerprint density at radius 2 is 1.06 bits per heavy atom. The smallest absolute Gasteiger partial charge is 0.164 e. The third kappa shape index (κ3) is 4.09. The van der Waals surface area contributed by atoms with Crippen LogP contribution in [-0.2, 0) is 5.41 Å². The van der Waals surface area contributed by atoms with E-state index in [2.05, 4.69) is 115 Å². The fourth-order valence-corrected chi connectivity index (χ4v) is 9.26. The van der Waals surface area contributed by atoms with Gasteiger partial charge in [-0.2, -0.15) is 0 Å². The first-order valence-corrected chi connectivity index (χ1v) is 18.7. The number of hydrogen-bond acceptors (Lipinski definition) is 4. The molecule has 0 amide bonds. The largest absolute Gasteiger partial charge is 0.293 e. The van der Waals surface area contributed by atoms with Crippen molar-refractivity contribution >= 4 is 53.8 Å². The molecule has 1 spiro atoms. The Labute approximate surface area is 316 Å². The maximum Gasteiger partial charge on any atom is 0.164 e. The van der Waals surface area contributed by atoms with Gasteiger partial charge in [0, 0.05) is 42.6 Å². The van der Waals surface area contributed by atoms with Gasteiger partial charge >= 0.3 is 0 Å². The van der Waals surface area contributed by atoms with E-state index in [1.54, 1.807) is 0 Å². The molecular formula is C45H25Br2N5. The van der Waals surface area contributed by atoms with Crippen LogP contribution in [0.25, 0.3) is 72.9 Å². The van der Waals surface area contributed by atoms with Crippen LogP contribution in [0.15, 0.2) is 161 Å². The zero-order valence-electron chi connectivity index (χ0n) is 27.4. The Hall–Kier alpha value is -5.76. The SMILES string of the molecule is Brc1ccc2c(c1)-c1cc(Br)ccc1C21c2cc(-c3nc(-c4ccccc4)nc(-c4ccccc4)n3)ccc2-n2c3ncccc3c3cccc1c32. The van der Waals surface area contributed by atoms with E-state index in [4.69, 9.17) is 19.9 Å². The van der Waals surface area contributed by atoms with Crippen LogP contribution in [0.3, 0.4) is 0 Å². The van der Waals surface area contributed by atoms with Crippen molar-refractivity contribution in [1.82, 2.24) is 24.5 Å². The highest BCUT2D eigenvalue weighted by Gasteiger charge is 2.51. The second kappa shape index (κ2) is 11.1. The minimum atomic E-state index is -0.626. The number of aromatic nitrogens is 5. The van der Waals surface area contributed by atoms with Crippen LogP contribution >= 0.6 is 31.9 Å². The fourth-order valence-electron chi connectivity index (χ4n) is 8.54. The number of halogens is 2. The number of nitrogens with zero attached hydrogens (tertiary/aromatic N) is 5. The molecule has 0 saturated heterocycles. The van der Waals surface area contributed by atoms with Gasteiger partial charge in [0.2, 0.25) is 0 Å². The number of benzene rings is 6. The first-order valence-electron chi connectivity index (χ1n) is 17.1. The van der Waals surface area contributed by atoms with E-state index in [-0.39, 0.29) is 0 Å². The van der Waals surface area contributed by atoms with E-state index in [1.165, 1.54) is 38.7 Å². The second-order valence-corrected chi connectivity index (χ2v) is 15.1. The van der Waals surface area contributed by atoms with Gasteiger partial charge in [0.25, 0.3) is 0 Å². The molecule has 4 heterocycles. The first kappa shape index (κ1) is 29.9. The molecule has 0 atom stereocenters. The van der Waals surface area contributed by atoms with Crippen LogP contribution in [-0.4, -0.2) is 24.5 Å². The van der Waals surface area contributed by atoms with Crippen molar-refractivity contribution in [1.29, 1.82) is 0 Å². The molecule has 2 aliphatic rings. The highest BCUT2D eigenvalue weighted by Crippen LogP contribution is 2.61. The van der Waals surface area contributed by atoms with E-state index in [9.17, 15) is 0 Å². The normalized spacial score (nSPS) is 13.3. The number of rotatable bonds is 3. The van der Waals surface area contributed by atoms with Gasteiger partial charge in [-0.3, -0.25) is 4.57 Å². The summed E-state index contributed by atoms with van der Waals surface area (Å²) in [5, 5.41) is 2.32. The third-order valence-corrected chi connectivity index (χ3v) is 11.6. The molecule has 0 saturated carbocycles. The standard InChI is InChI=1S/C45H25Br2N5/c46-29-17-19-35-33(24-29)34-25-30(47)18-20-36(34)45(35)37-15-7-13-31-32-14-8-22-48-44(32)52(40(31)37)39-21-16-28(23-38(39)45)43-50-41(26-9-3-1-4-10-26)49-42(51-43)27-11-5-2-6-12-27/h1-25H. The molecule has 6 aromatic carbocycles. The van der Waals surface area contributed by atoms with E-state index >= 15 is 0 Å². The van der Waals surface area contributed by atoms with Gasteiger partial charge in [-0.05, 0) is 88.0 Å². The van der Waals surface area contributed by atoms with Crippen LogP contribution in [0.2, 0.25) is 0 Å². The van der Waals surface area contributed by atoms with Crippen molar-refractivity contribution in [2.45, 2.75) is 5.41 Å². The molecule has 7 heteroatoms. The second-order valence-electron chi connectivity index (χ2n) is 13.3. The van der Waals surface area contributed by atoms with Crippen molar-refractivity contribution < 1.29 is 0 Å². The Morgan fingerprint density at radius 3 is 1.69 bits per heavy atom. The van der Waals surface area contributed by atoms with Crippen molar-refractivity contribution in [3.8, 4) is 51.0 Å². The van der Waals surface area contributed by atoms with Crippen LogP contribution in [0.4, 0.5) is 0 Å². The lowest BCUT2D eigenvalue weighted by atomic mass is 9.65. The van der Waals surface area contributed by atoms with Gasteiger partial charge in [0.05, 0.1) is 16.6 Å². The maximum absolute atomic E-state index is 5.14. The fraction of sp³-hybridized carbons (Fsp3) is 0.0222. The van der Waals surface area contributed by atoms with Crippen LogP contribution in [0, 0.1) is 0 Å². The third-order valence-electron chi connectivity index (χ3n) is 10.6. The minimum Gasteiger partial charge on any atom is -0.293 e. The molecule has 52 heavy (non-hydrogen) atoms. The summed E-state index contributed by atoms with van der Waals surface area (Å²) in [6, 6.07) is 51.4. The summed E-state index contributed by atoms with van der Waals surface area (Å²) < 4.78 is 4.45. The molecule has 11 rings (SSSR count). The van der Waals surface area contributed by atoms with Crippen molar-refractivity contribution in [2.24, 2.45) is 0 Å². The summed E-state index contributed by atoms with van der Waals surface area (Å²) in [5.74, 6) is 1.89. The van der Waals surface area contributed by atoms with Gasteiger partial charge < -0.3 is 0 Å². The van der Waals surface area contributed by atoms with Gasteiger partial charge in [0.1, 0.15) is 5.65 Å². The molecule has 244 valence electrons. The lowest BCUT2D eigenvalue weighted by Gasteiger charge is -2.39. The van der Waals surface area contributed by atoms with Gasteiger partial charge in [0.15, 0.2) is 17.5 Å². The zero-order valence-corrected chi connectivity index (χ0v) is 30.6. The molecular weight excluding hydrogens is 770 g/mol. The van der Waals surface area contributed by atoms with Crippen molar-refractivity contribution in [3.63, 3.8) is 0 Å². The minimum absolute atomic E-state index is 0.621. The van der Waals surface area contributed by atoms with E-state index < -0.39 is 5.41 Å². The molecule has 0 radical (unpaired) electrons. The highest BCUT2D eigenvalue weighted by atomic mass is 79.9. The summed E-state index contributed by atoms with van der Waals surface area (Å²) in [5.41, 5.74) is 12.7. The number of hydrogen-bond donors (Lipinski definition) is 0. The molecule has 0 N–H and O–H groups in total. The van der Waals surface area contributed by atoms with Crippen molar-refractivity contribution in [3.05, 3.63) is 183 Å². The number of pyridine rings is 1. The number of para-hydroxylation sites is 1. The molecule has 0 fully saturated rings. The molecule has 0 bridgehead atoms. The van der Waals surface area contributed by atoms with E-state index in [1.807, 2.05) is 72.9 Å². The lowest BCUT2D eigenvalue weighted by Crippen LogP contribution is -2.33.